The summed E-state index contributed by atoms with van der Waals surface area (Å²) in [6.07, 6.45) is -14.1. The van der Waals surface area contributed by atoms with Gasteiger partial charge in [0.2, 0.25) is 5.91 Å². The Balaban J connectivity index is 2.82. The highest BCUT2D eigenvalue weighted by Crippen LogP contribution is 2.85. The summed E-state index contributed by atoms with van der Waals surface area (Å²) in [5, 5.41) is -4.70. The lowest BCUT2D eigenvalue weighted by Gasteiger charge is -2.47. The molecule has 1 amide bonds. The number of para-hydroxylation sites is 1. The first-order valence-electron chi connectivity index (χ1n) is 8.05. The molecule has 1 atom stereocenters. The minimum atomic E-state index is -7.07. The highest BCUT2D eigenvalue weighted by atomic mass is 35.7. The van der Waals surface area contributed by atoms with Crippen LogP contribution >= 0.6 is 19.9 Å². The molecule has 0 aliphatic rings. The van der Waals surface area contributed by atoms with E-state index in [4.69, 9.17) is 16.4 Å². The molecule has 0 saturated carbocycles. The van der Waals surface area contributed by atoms with E-state index in [-0.39, 0.29) is 17.3 Å². The Morgan fingerprint density at radius 1 is 0.844 bits per heavy atom. The van der Waals surface area contributed by atoms with Gasteiger partial charge in [-0.2, -0.15) is 39.5 Å². The van der Waals surface area contributed by atoms with E-state index in [0.29, 0.717) is 12.1 Å². The van der Waals surface area contributed by atoms with Crippen LogP contribution in [-0.4, -0.2) is 28.8 Å². The minimum Gasteiger partial charge on any atom is -0.366 e. The molecule has 3 N–H and O–H groups in total. The van der Waals surface area contributed by atoms with Gasteiger partial charge in [0, 0.05) is 25.4 Å². The van der Waals surface area contributed by atoms with Gasteiger partial charge < -0.3 is 11.1 Å². The zero-order valence-corrected chi connectivity index (χ0v) is 16.7. The maximum Gasteiger partial charge on any atom is 0.445 e. The van der Waals surface area contributed by atoms with Crippen molar-refractivity contribution in [3.8, 4) is 0 Å². The van der Waals surface area contributed by atoms with E-state index in [0.717, 1.165) is 18.2 Å². The number of hydrogen-bond acceptors (Lipinski definition) is 2. The van der Waals surface area contributed by atoms with Crippen LogP contribution in [0.25, 0.3) is 0 Å². The number of hydrogen-bond donors (Lipinski definition) is 2. The van der Waals surface area contributed by atoms with Crippen LogP contribution in [0.1, 0.15) is 10.4 Å². The average Bonchev–Trinajstić information content (AvgIpc) is 2.64. The van der Waals surface area contributed by atoms with Crippen molar-refractivity contribution in [1.82, 2.24) is 0 Å². The summed E-state index contributed by atoms with van der Waals surface area (Å²) < 4.78 is 136. The van der Waals surface area contributed by atoms with Crippen molar-refractivity contribution >= 4 is 37.2 Å². The summed E-state index contributed by atoms with van der Waals surface area (Å²) in [6, 6.07) is 6.98. The molecule has 0 aliphatic heterocycles. The molecule has 0 spiro atoms. The molecule has 2 rings (SSSR count). The van der Waals surface area contributed by atoms with Crippen molar-refractivity contribution in [2.75, 3.05) is 5.32 Å². The lowest BCUT2D eigenvalue weighted by molar-refractivity contribution is -0.306. The third kappa shape index (κ3) is 4.17. The molecule has 0 aliphatic carbocycles. The fraction of sp³-hybridized carbons (Fsp3) is 0.235. The molecular weight excluding hydrogens is 506 g/mol. The van der Waals surface area contributed by atoms with Gasteiger partial charge in [0.25, 0.3) is 0 Å². The van der Waals surface area contributed by atoms with Crippen LogP contribution in [0.5, 0.6) is 0 Å². The summed E-state index contributed by atoms with van der Waals surface area (Å²) in [7, 11) is -1.77. The molecular formula is C17H11ClF10N2OS. The van der Waals surface area contributed by atoms with Gasteiger partial charge in [0.15, 0.2) is 0 Å². The first-order valence-corrected chi connectivity index (χ1v) is 10.5. The van der Waals surface area contributed by atoms with Crippen LogP contribution in [0.3, 0.4) is 0 Å². The predicted octanol–water partition coefficient (Wildman–Crippen LogP) is 7.16. The Morgan fingerprint density at radius 3 is 1.84 bits per heavy atom. The zero-order valence-electron chi connectivity index (χ0n) is 15.2. The van der Waals surface area contributed by atoms with Crippen LogP contribution in [0.2, 0.25) is 0 Å². The number of halogens is 11. The maximum absolute atomic E-state index is 14.8. The summed E-state index contributed by atoms with van der Waals surface area (Å²) in [5.74, 6) is -0.980. The highest BCUT2D eigenvalue weighted by molar-refractivity contribution is 8.52. The maximum atomic E-state index is 14.8. The van der Waals surface area contributed by atoms with E-state index in [2.05, 4.69) is 5.32 Å². The Bertz CT molecular complexity index is 994. The first-order chi connectivity index (χ1) is 14.4. The Kier molecular flexibility index (Phi) is 6.65. The lowest BCUT2D eigenvalue weighted by Crippen LogP contribution is -2.57. The quantitative estimate of drug-likeness (QED) is 0.414. The summed E-state index contributed by atoms with van der Waals surface area (Å²) >= 11 is 0. The van der Waals surface area contributed by atoms with Gasteiger partial charge in [0.1, 0.15) is 0 Å². The van der Waals surface area contributed by atoms with E-state index in [1.165, 1.54) is 12.1 Å². The molecule has 32 heavy (non-hydrogen) atoms. The smallest absolute Gasteiger partial charge is 0.366 e. The van der Waals surface area contributed by atoms with Crippen molar-refractivity contribution in [3.05, 3.63) is 54.1 Å². The van der Waals surface area contributed by atoms with Gasteiger partial charge in [-0.05, 0) is 41.0 Å². The van der Waals surface area contributed by atoms with Crippen LogP contribution < -0.4 is 11.1 Å². The lowest BCUT2D eigenvalue weighted by atomic mass is 10.2. The molecule has 1 unspecified atom stereocenters. The van der Waals surface area contributed by atoms with Crippen molar-refractivity contribution in [3.63, 3.8) is 0 Å². The van der Waals surface area contributed by atoms with Crippen molar-refractivity contribution in [2.24, 2.45) is 5.73 Å². The largest absolute Gasteiger partial charge is 0.445 e. The predicted molar refractivity (Wildman–Crippen MR) is 98.4 cm³/mol. The molecule has 0 radical (unpaired) electrons. The van der Waals surface area contributed by atoms with E-state index >= 15 is 0 Å². The molecule has 0 heterocycles. The fourth-order valence-corrected chi connectivity index (χ4v) is 5.76. The number of carbonyl (C=O) groups excluding carboxylic acids is 1. The highest BCUT2D eigenvalue weighted by Gasteiger charge is 2.86. The number of carbonyl (C=O) groups is 1. The van der Waals surface area contributed by atoms with Crippen LogP contribution in [0.15, 0.2) is 53.4 Å². The first kappa shape index (κ1) is 25.9. The molecule has 15 heteroatoms. The van der Waals surface area contributed by atoms with Crippen molar-refractivity contribution in [1.29, 1.82) is 0 Å². The number of primary amides is 1. The summed E-state index contributed by atoms with van der Waals surface area (Å²) in [4.78, 5) is 9.44. The monoisotopic (exact) mass is 516 g/mol. The van der Waals surface area contributed by atoms with Crippen LogP contribution in [0.4, 0.5) is 55.3 Å². The zero-order chi connectivity index (χ0) is 24.8. The van der Waals surface area contributed by atoms with Gasteiger partial charge in [-0.15, -0.1) is 0 Å². The standard InChI is InChI=1S/C17H11ClF10N2OS/c18-32(17(26,27)28,14(19,15(20,21)22)16(23,24)25)12-7-2-1-6-11(12)30-10-5-3-4-9(8-10)13(29)31/h1-8,30H,(H2,29,31). The van der Waals surface area contributed by atoms with Gasteiger partial charge >= 0.3 is 22.9 Å². The van der Waals surface area contributed by atoms with Gasteiger partial charge in [-0.1, -0.05) is 18.2 Å². The SMILES string of the molecule is NC(=O)c1cccc(Nc2ccccc2S(Cl)(C(F)(F)F)C(F)(C(F)(F)F)C(F)(F)F)c1. The van der Waals surface area contributed by atoms with E-state index in [1.54, 1.807) is 0 Å². The van der Waals surface area contributed by atoms with Gasteiger partial charge in [-0.3, -0.25) is 4.79 Å². The van der Waals surface area contributed by atoms with E-state index in [1.807, 2.05) is 0 Å². The molecule has 178 valence electrons. The third-order valence-corrected chi connectivity index (χ3v) is 8.55. The number of rotatable bonds is 5. The number of nitrogens with two attached hydrogens (primary N) is 1. The number of alkyl halides is 10. The molecule has 0 aromatic heterocycles. The molecule has 0 fully saturated rings. The number of amides is 1. The van der Waals surface area contributed by atoms with Crippen molar-refractivity contribution < 1.29 is 48.7 Å². The fourth-order valence-electron chi connectivity index (χ4n) is 2.64. The Hall–Kier alpha value is -2.35. The molecule has 2 aromatic rings. The number of anilines is 2. The average molecular weight is 517 g/mol. The number of benzene rings is 2. The van der Waals surface area contributed by atoms with Crippen LogP contribution in [0, 0.1) is 0 Å². The third-order valence-electron chi connectivity index (χ3n) is 4.05. The Morgan fingerprint density at radius 2 is 1.38 bits per heavy atom. The van der Waals surface area contributed by atoms with Gasteiger partial charge in [-0.25, -0.2) is 4.39 Å². The number of nitrogens with one attached hydrogen (secondary N) is 1. The normalized spacial score (nSPS) is 16.2. The second kappa shape index (κ2) is 8.21. The minimum absolute atomic E-state index is 0.182. The molecule has 0 saturated heterocycles. The van der Waals surface area contributed by atoms with E-state index in [9.17, 15) is 48.7 Å². The van der Waals surface area contributed by atoms with Gasteiger partial charge in [0.05, 0.1) is 5.69 Å². The molecule has 0 bridgehead atoms. The Labute approximate surface area is 179 Å². The van der Waals surface area contributed by atoms with Crippen molar-refractivity contribution in [2.45, 2.75) is 27.8 Å². The summed E-state index contributed by atoms with van der Waals surface area (Å²) in [6.45, 7) is 0. The van der Waals surface area contributed by atoms with Crippen LogP contribution in [-0.2, 0) is 0 Å². The van der Waals surface area contributed by atoms with E-state index < -0.39 is 48.6 Å². The second-order valence-corrected chi connectivity index (χ2v) is 10.1. The summed E-state index contributed by atoms with van der Waals surface area (Å²) in [5.41, 5.74) is -2.86. The second-order valence-electron chi connectivity index (χ2n) is 6.14. The molecule has 3 nitrogen and oxygen atoms in total. The topological polar surface area (TPSA) is 55.1 Å². The molecule has 2 aromatic carbocycles.